The SMILES string of the molecule is O=C(O)C1CN(C(=O)CCn2c(=O)[nH]c(=O)c3ccccc32)CCO1. The van der Waals surface area contributed by atoms with Crippen LogP contribution in [-0.4, -0.2) is 57.2 Å². The maximum atomic E-state index is 12.3. The molecule has 1 aliphatic heterocycles. The molecule has 2 aromatic rings. The molecule has 0 saturated carbocycles. The molecule has 9 heteroatoms. The van der Waals surface area contributed by atoms with E-state index in [2.05, 4.69) is 4.98 Å². The summed E-state index contributed by atoms with van der Waals surface area (Å²) < 4.78 is 6.42. The van der Waals surface area contributed by atoms with Crippen LogP contribution in [0, 0.1) is 0 Å². The number of amides is 1. The normalized spacial score (nSPS) is 17.6. The number of aromatic amines is 1. The highest BCUT2D eigenvalue weighted by molar-refractivity contribution is 5.80. The van der Waals surface area contributed by atoms with Gasteiger partial charge in [0.15, 0.2) is 6.10 Å². The molecule has 25 heavy (non-hydrogen) atoms. The fraction of sp³-hybridized carbons (Fsp3) is 0.375. The lowest BCUT2D eigenvalue weighted by molar-refractivity contribution is -0.159. The largest absolute Gasteiger partial charge is 0.479 e. The predicted octanol–water partition coefficient (Wildman–Crippen LogP) is -0.608. The number of rotatable bonds is 4. The van der Waals surface area contributed by atoms with Crippen molar-refractivity contribution in [3.63, 3.8) is 0 Å². The third kappa shape index (κ3) is 3.45. The molecule has 3 rings (SSSR count). The van der Waals surface area contributed by atoms with Gasteiger partial charge in [0.25, 0.3) is 5.56 Å². The number of aryl methyl sites for hydroxylation is 1. The minimum atomic E-state index is -1.11. The fourth-order valence-corrected chi connectivity index (χ4v) is 2.86. The topological polar surface area (TPSA) is 122 Å². The molecule has 1 aromatic carbocycles. The van der Waals surface area contributed by atoms with Crippen LogP contribution in [0.2, 0.25) is 0 Å². The second kappa shape index (κ2) is 6.89. The van der Waals surface area contributed by atoms with Gasteiger partial charge in [0, 0.05) is 19.5 Å². The van der Waals surface area contributed by atoms with Gasteiger partial charge in [-0.2, -0.15) is 0 Å². The third-order valence-electron chi connectivity index (χ3n) is 4.15. The van der Waals surface area contributed by atoms with Gasteiger partial charge in [0.2, 0.25) is 5.91 Å². The van der Waals surface area contributed by atoms with E-state index in [1.165, 1.54) is 9.47 Å². The van der Waals surface area contributed by atoms with Crippen LogP contribution in [-0.2, 0) is 20.9 Å². The fourth-order valence-electron chi connectivity index (χ4n) is 2.86. The summed E-state index contributed by atoms with van der Waals surface area (Å²) >= 11 is 0. The summed E-state index contributed by atoms with van der Waals surface area (Å²) in [5, 5.41) is 9.35. The number of nitrogens with zero attached hydrogens (tertiary/aromatic N) is 2. The molecule has 132 valence electrons. The molecular weight excluding hydrogens is 330 g/mol. The van der Waals surface area contributed by atoms with E-state index in [9.17, 15) is 19.2 Å². The minimum absolute atomic E-state index is 0.0162. The Morgan fingerprint density at radius 3 is 2.80 bits per heavy atom. The molecule has 0 bridgehead atoms. The lowest BCUT2D eigenvalue weighted by atomic mass is 10.2. The Morgan fingerprint density at radius 2 is 2.04 bits per heavy atom. The number of nitrogens with one attached hydrogen (secondary N) is 1. The number of hydrogen-bond donors (Lipinski definition) is 2. The number of aliphatic carboxylic acids is 1. The molecule has 1 aromatic heterocycles. The van der Waals surface area contributed by atoms with Crippen molar-refractivity contribution in [1.29, 1.82) is 0 Å². The smallest absolute Gasteiger partial charge is 0.334 e. The van der Waals surface area contributed by atoms with E-state index in [4.69, 9.17) is 9.84 Å². The van der Waals surface area contributed by atoms with E-state index < -0.39 is 23.3 Å². The Hall–Kier alpha value is -2.94. The van der Waals surface area contributed by atoms with Crippen LogP contribution in [0.5, 0.6) is 0 Å². The molecule has 1 aliphatic rings. The lowest BCUT2D eigenvalue weighted by Crippen LogP contribution is -2.48. The zero-order valence-corrected chi connectivity index (χ0v) is 13.3. The zero-order valence-electron chi connectivity index (χ0n) is 13.3. The first-order chi connectivity index (χ1) is 12.0. The van der Waals surface area contributed by atoms with Gasteiger partial charge in [-0.3, -0.25) is 19.1 Å². The maximum absolute atomic E-state index is 12.3. The molecule has 1 atom stereocenters. The first-order valence-corrected chi connectivity index (χ1v) is 7.81. The standard InChI is InChI=1S/C16H17N3O6/c20-13(18-7-8-25-12(9-18)15(22)23)5-6-19-11-4-2-1-3-10(11)14(21)17-16(19)24/h1-4,12H,5-9H2,(H,22,23)(H,17,21,24). The van der Waals surface area contributed by atoms with Crippen molar-refractivity contribution in [2.75, 3.05) is 19.7 Å². The number of carbonyl (C=O) groups excluding carboxylic acids is 1. The van der Waals surface area contributed by atoms with Crippen LogP contribution in [0.25, 0.3) is 10.9 Å². The van der Waals surface area contributed by atoms with E-state index in [1.807, 2.05) is 0 Å². The number of carboxylic acids is 1. The highest BCUT2D eigenvalue weighted by Gasteiger charge is 2.28. The van der Waals surface area contributed by atoms with Crippen molar-refractivity contribution < 1.29 is 19.4 Å². The predicted molar refractivity (Wildman–Crippen MR) is 87.4 cm³/mol. The second-order valence-electron chi connectivity index (χ2n) is 5.72. The monoisotopic (exact) mass is 347 g/mol. The molecule has 1 saturated heterocycles. The lowest BCUT2D eigenvalue weighted by Gasteiger charge is -2.31. The number of hydrogen-bond acceptors (Lipinski definition) is 5. The third-order valence-corrected chi connectivity index (χ3v) is 4.15. The number of carboxylic acid groups (broad SMARTS) is 1. The van der Waals surface area contributed by atoms with Crippen LogP contribution in [0.3, 0.4) is 0 Å². The summed E-state index contributed by atoms with van der Waals surface area (Å²) in [6.45, 7) is 0.535. The Bertz CT molecular complexity index is 931. The van der Waals surface area contributed by atoms with Gasteiger partial charge in [0.05, 0.1) is 24.1 Å². The average Bonchev–Trinajstić information content (AvgIpc) is 2.61. The molecule has 1 amide bonds. The average molecular weight is 347 g/mol. The van der Waals surface area contributed by atoms with Crippen LogP contribution in [0.4, 0.5) is 0 Å². The molecule has 0 aliphatic carbocycles. The van der Waals surface area contributed by atoms with Gasteiger partial charge in [-0.1, -0.05) is 12.1 Å². The first-order valence-electron chi connectivity index (χ1n) is 7.81. The van der Waals surface area contributed by atoms with Crippen molar-refractivity contribution in [1.82, 2.24) is 14.5 Å². The minimum Gasteiger partial charge on any atom is -0.479 e. The number of aromatic nitrogens is 2. The van der Waals surface area contributed by atoms with Crippen LogP contribution in [0.1, 0.15) is 6.42 Å². The van der Waals surface area contributed by atoms with E-state index >= 15 is 0 Å². The van der Waals surface area contributed by atoms with Gasteiger partial charge >= 0.3 is 11.7 Å². The molecular formula is C16H17N3O6. The van der Waals surface area contributed by atoms with E-state index in [-0.39, 0.29) is 32.0 Å². The number of morpholine rings is 1. The van der Waals surface area contributed by atoms with Crippen LogP contribution < -0.4 is 11.2 Å². The highest BCUT2D eigenvalue weighted by Crippen LogP contribution is 2.10. The number of H-pyrrole nitrogens is 1. The van der Waals surface area contributed by atoms with E-state index in [1.54, 1.807) is 24.3 Å². The number of carbonyl (C=O) groups is 2. The van der Waals surface area contributed by atoms with Crippen molar-refractivity contribution in [2.45, 2.75) is 19.1 Å². The Balaban J connectivity index is 1.77. The molecule has 2 N–H and O–H groups in total. The zero-order chi connectivity index (χ0) is 18.0. The maximum Gasteiger partial charge on any atom is 0.334 e. The first kappa shape index (κ1) is 16.9. The van der Waals surface area contributed by atoms with E-state index in [0.717, 1.165) is 0 Å². The van der Waals surface area contributed by atoms with Crippen molar-refractivity contribution >= 4 is 22.8 Å². The molecule has 0 radical (unpaired) electrons. The van der Waals surface area contributed by atoms with Crippen molar-refractivity contribution in [3.8, 4) is 0 Å². The van der Waals surface area contributed by atoms with Gasteiger partial charge in [-0.05, 0) is 12.1 Å². The Kier molecular flexibility index (Phi) is 4.66. The van der Waals surface area contributed by atoms with Crippen LogP contribution in [0.15, 0.2) is 33.9 Å². The molecule has 1 fully saturated rings. The number of para-hydroxylation sites is 1. The Labute approximate surface area is 141 Å². The summed E-state index contributed by atoms with van der Waals surface area (Å²) in [4.78, 5) is 50.9. The summed E-state index contributed by atoms with van der Waals surface area (Å²) in [5.41, 5.74) is -0.600. The van der Waals surface area contributed by atoms with Crippen molar-refractivity contribution in [2.24, 2.45) is 0 Å². The van der Waals surface area contributed by atoms with Gasteiger partial charge in [0.1, 0.15) is 0 Å². The number of ether oxygens (including phenoxy) is 1. The van der Waals surface area contributed by atoms with Gasteiger partial charge < -0.3 is 14.7 Å². The molecule has 0 spiro atoms. The van der Waals surface area contributed by atoms with Gasteiger partial charge in [-0.25, -0.2) is 9.59 Å². The highest BCUT2D eigenvalue weighted by atomic mass is 16.5. The Morgan fingerprint density at radius 1 is 1.28 bits per heavy atom. The van der Waals surface area contributed by atoms with Crippen molar-refractivity contribution in [3.05, 3.63) is 45.1 Å². The second-order valence-corrected chi connectivity index (χ2v) is 5.72. The molecule has 1 unspecified atom stereocenters. The number of benzene rings is 1. The summed E-state index contributed by atoms with van der Waals surface area (Å²) in [6, 6.07) is 6.65. The number of fused-ring (bicyclic) bond motifs is 1. The summed E-state index contributed by atoms with van der Waals surface area (Å²) in [5.74, 6) is -1.38. The van der Waals surface area contributed by atoms with Crippen LogP contribution >= 0.6 is 0 Å². The van der Waals surface area contributed by atoms with E-state index in [0.29, 0.717) is 17.4 Å². The summed E-state index contributed by atoms with van der Waals surface area (Å²) in [7, 11) is 0. The summed E-state index contributed by atoms with van der Waals surface area (Å²) in [6.07, 6.45) is -1.02. The molecule has 9 nitrogen and oxygen atoms in total. The van der Waals surface area contributed by atoms with Gasteiger partial charge in [-0.15, -0.1) is 0 Å². The molecule has 2 heterocycles. The quantitative estimate of drug-likeness (QED) is 0.761.